The van der Waals surface area contributed by atoms with Crippen LogP contribution in [0.3, 0.4) is 0 Å². The van der Waals surface area contributed by atoms with E-state index >= 15 is 0 Å². The van der Waals surface area contributed by atoms with E-state index in [-0.39, 0.29) is 0 Å². The SMILES string of the molecule is c1ccc(-c2nc3ccc(-c4c5ccccc5c(-c5cccc(-c6cccnc6)c5)c5ccccc45)cc3c3nc4ccccn4c23)cc1.c1ccc(-c2nc3ccc(-c4c5ccccc5c(-c5cccc(-c6ccncc6)n5)c5ccccc45)cc3c3nc4ccccn4c23)cc1. The average Bonchev–Trinajstić information content (AvgIpc) is 1.36. The molecular weight excluding hydrogens is 1200 g/mol. The van der Waals surface area contributed by atoms with Crippen molar-refractivity contribution in [2.45, 2.75) is 0 Å². The van der Waals surface area contributed by atoms with E-state index in [2.05, 4.69) is 280 Å². The predicted molar refractivity (Wildman–Crippen MR) is 403 cm³/mol. The predicted octanol–water partition coefficient (Wildman–Crippen LogP) is 22.2. The fraction of sp³-hybridized carbons (Fsp3) is 0. The second kappa shape index (κ2) is 23.3. The first-order valence-electron chi connectivity index (χ1n) is 32.9. The Morgan fingerprint density at radius 2 is 0.633 bits per heavy atom. The molecule has 0 aliphatic carbocycles. The molecule has 456 valence electrons. The lowest BCUT2D eigenvalue weighted by molar-refractivity contribution is 1.22. The van der Waals surface area contributed by atoms with Gasteiger partial charge in [0.15, 0.2) is 0 Å². The molecule has 9 nitrogen and oxygen atoms in total. The molecule has 0 unspecified atom stereocenters. The van der Waals surface area contributed by atoms with Crippen LogP contribution in [0.15, 0.2) is 334 Å². The third kappa shape index (κ3) is 9.35. The molecule has 0 radical (unpaired) electrons. The molecule has 0 spiro atoms. The molecule has 0 amide bonds. The molecule has 0 atom stereocenters. The van der Waals surface area contributed by atoms with Crippen molar-refractivity contribution < 1.29 is 0 Å². The van der Waals surface area contributed by atoms with Gasteiger partial charge in [0, 0.05) is 75.8 Å². The van der Waals surface area contributed by atoms with Crippen LogP contribution in [0, 0.1) is 0 Å². The van der Waals surface area contributed by atoms with Crippen molar-refractivity contribution >= 4 is 98.3 Å². The van der Waals surface area contributed by atoms with E-state index in [0.717, 1.165) is 133 Å². The molecule has 0 aliphatic rings. The van der Waals surface area contributed by atoms with E-state index in [1.807, 2.05) is 73.3 Å². The summed E-state index contributed by atoms with van der Waals surface area (Å²) < 4.78 is 4.32. The van der Waals surface area contributed by atoms with Gasteiger partial charge in [-0.25, -0.2) is 24.9 Å². The number of aromatic nitrogens is 9. The number of hydrogen-bond acceptors (Lipinski definition) is 7. The molecule has 0 saturated carbocycles. The lowest BCUT2D eigenvalue weighted by atomic mass is 9.85. The molecule has 98 heavy (non-hydrogen) atoms. The topological polar surface area (TPSA) is 99.0 Å². The van der Waals surface area contributed by atoms with Crippen molar-refractivity contribution in [3.63, 3.8) is 0 Å². The number of fused-ring (bicyclic) bond motifs is 14. The van der Waals surface area contributed by atoms with Crippen LogP contribution >= 0.6 is 0 Å². The van der Waals surface area contributed by atoms with Gasteiger partial charge < -0.3 is 0 Å². The van der Waals surface area contributed by atoms with Gasteiger partial charge in [0.05, 0.1) is 44.8 Å². The van der Waals surface area contributed by atoms with Crippen molar-refractivity contribution in [3.8, 4) is 89.5 Å². The normalized spacial score (nSPS) is 11.7. The van der Waals surface area contributed by atoms with Crippen LogP contribution in [0.25, 0.3) is 188 Å². The third-order valence-electron chi connectivity index (χ3n) is 19.1. The van der Waals surface area contributed by atoms with Crippen LogP contribution in [0.1, 0.15) is 0 Å². The molecule has 11 aromatic carbocycles. The number of imidazole rings is 2. The molecule has 0 bridgehead atoms. The molecule has 0 aliphatic heterocycles. The maximum atomic E-state index is 5.28. The first kappa shape index (κ1) is 56.2. The van der Waals surface area contributed by atoms with Gasteiger partial charge in [-0.1, -0.05) is 212 Å². The van der Waals surface area contributed by atoms with E-state index in [9.17, 15) is 0 Å². The van der Waals surface area contributed by atoms with Gasteiger partial charge in [0.2, 0.25) is 0 Å². The zero-order chi connectivity index (χ0) is 64.6. The maximum absolute atomic E-state index is 5.28. The number of rotatable bonds is 8. The van der Waals surface area contributed by atoms with E-state index < -0.39 is 0 Å². The zero-order valence-corrected chi connectivity index (χ0v) is 52.8. The quantitative estimate of drug-likeness (QED) is 0.140. The standard InChI is InChI=1S/C45H28N4.C44H27N5/c1-2-12-29(13-3-1)43-45-44(48-40-21-8-9-25-49(40)45)38-27-32(22-23-39(38)47-43)42-36-19-6-4-17-34(36)41(35-18-5-7-20-37(35)42)31-15-10-14-30(26-31)33-16-11-24-46-28-33;1-2-11-29(12-3-1)42-44-43(48-39-19-8-9-26-49(39)44)35-27-30(20-21-37(35)47-42)40-31-13-4-6-15-33(31)41(34-16-7-5-14-32(34)40)38-18-10-17-36(46-38)28-22-24-45-25-23-28/h1-28H;1-27H. The first-order chi connectivity index (χ1) is 48.6. The van der Waals surface area contributed by atoms with E-state index in [1.54, 1.807) is 0 Å². The number of benzene rings is 11. The largest absolute Gasteiger partial charge is 0.298 e. The van der Waals surface area contributed by atoms with Crippen LogP contribution in [-0.2, 0) is 0 Å². The Hall–Kier alpha value is -13.4. The van der Waals surface area contributed by atoms with E-state index in [1.165, 1.54) is 54.6 Å². The summed E-state index contributed by atoms with van der Waals surface area (Å²) in [4.78, 5) is 34.7. The van der Waals surface area contributed by atoms with Gasteiger partial charge in [-0.05, 0) is 167 Å². The Bertz CT molecular complexity index is 6030. The fourth-order valence-corrected chi connectivity index (χ4v) is 14.8. The summed E-state index contributed by atoms with van der Waals surface area (Å²) in [5.41, 5.74) is 24.9. The highest BCUT2D eigenvalue weighted by molar-refractivity contribution is 6.24. The van der Waals surface area contributed by atoms with E-state index in [0.29, 0.717) is 0 Å². The molecular formula is C89H55N9. The highest BCUT2D eigenvalue weighted by atomic mass is 15.0. The van der Waals surface area contributed by atoms with Crippen LogP contribution in [0.4, 0.5) is 0 Å². The lowest BCUT2D eigenvalue weighted by Crippen LogP contribution is -1.94. The molecule has 9 heteroatoms. The molecule has 0 fully saturated rings. The second-order valence-electron chi connectivity index (χ2n) is 24.7. The maximum Gasteiger partial charge on any atom is 0.137 e. The summed E-state index contributed by atoms with van der Waals surface area (Å²) in [5.74, 6) is 0. The zero-order valence-electron chi connectivity index (χ0n) is 52.8. The van der Waals surface area contributed by atoms with Gasteiger partial charge in [-0.15, -0.1) is 0 Å². The Morgan fingerprint density at radius 1 is 0.224 bits per heavy atom. The molecule has 20 rings (SSSR count). The number of pyridine rings is 7. The smallest absolute Gasteiger partial charge is 0.137 e. The average molecular weight is 1250 g/mol. The molecule has 0 N–H and O–H groups in total. The monoisotopic (exact) mass is 1250 g/mol. The fourth-order valence-electron chi connectivity index (χ4n) is 14.8. The summed E-state index contributed by atoms with van der Waals surface area (Å²) >= 11 is 0. The van der Waals surface area contributed by atoms with Crippen LogP contribution < -0.4 is 0 Å². The summed E-state index contributed by atoms with van der Waals surface area (Å²) in [6.07, 6.45) is 11.5. The second-order valence-corrected chi connectivity index (χ2v) is 24.7. The highest BCUT2D eigenvalue weighted by Crippen LogP contribution is 2.48. The van der Waals surface area contributed by atoms with Crippen molar-refractivity contribution in [2.75, 3.05) is 0 Å². The lowest BCUT2D eigenvalue weighted by Gasteiger charge is -2.18. The Labute approximate surface area is 562 Å². The van der Waals surface area contributed by atoms with Gasteiger partial charge in [-0.2, -0.15) is 0 Å². The molecule has 9 aromatic heterocycles. The Balaban J connectivity index is 0.000000137. The Morgan fingerprint density at radius 3 is 1.11 bits per heavy atom. The van der Waals surface area contributed by atoms with Crippen molar-refractivity contribution in [2.24, 2.45) is 0 Å². The first-order valence-corrected chi connectivity index (χ1v) is 32.9. The van der Waals surface area contributed by atoms with Crippen LogP contribution in [-0.4, -0.2) is 43.7 Å². The van der Waals surface area contributed by atoms with Gasteiger partial charge >= 0.3 is 0 Å². The minimum Gasteiger partial charge on any atom is -0.298 e. The number of hydrogen-bond donors (Lipinski definition) is 0. The van der Waals surface area contributed by atoms with Crippen LogP contribution in [0.5, 0.6) is 0 Å². The summed E-state index contributed by atoms with van der Waals surface area (Å²) in [5, 5.41) is 11.6. The van der Waals surface area contributed by atoms with Gasteiger partial charge in [0.25, 0.3) is 0 Å². The molecule has 9 heterocycles. The third-order valence-corrected chi connectivity index (χ3v) is 19.1. The van der Waals surface area contributed by atoms with E-state index in [4.69, 9.17) is 24.9 Å². The van der Waals surface area contributed by atoms with Crippen molar-refractivity contribution in [1.29, 1.82) is 0 Å². The van der Waals surface area contributed by atoms with Gasteiger partial charge in [-0.3, -0.25) is 18.8 Å². The van der Waals surface area contributed by atoms with Crippen molar-refractivity contribution in [3.05, 3.63) is 334 Å². The number of nitrogens with zero attached hydrogens (tertiary/aromatic N) is 9. The van der Waals surface area contributed by atoms with Crippen LogP contribution in [0.2, 0.25) is 0 Å². The molecule has 0 saturated heterocycles. The summed E-state index contributed by atoms with van der Waals surface area (Å²) in [6, 6.07) is 105. The summed E-state index contributed by atoms with van der Waals surface area (Å²) in [6.45, 7) is 0. The summed E-state index contributed by atoms with van der Waals surface area (Å²) in [7, 11) is 0. The van der Waals surface area contributed by atoms with Crippen molar-refractivity contribution in [1.82, 2.24) is 43.7 Å². The minimum atomic E-state index is 0.899. The minimum absolute atomic E-state index is 0.899. The highest BCUT2D eigenvalue weighted by Gasteiger charge is 2.24. The molecule has 20 aromatic rings. The Kier molecular flexibility index (Phi) is 13.3. The van der Waals surface area contributed by atoms with Gasteiger partial charge in [0.1, 0.15) is 22.3 Å².